The molecule has 2 N–H and O–H groups in total. The molecule has 0 aliphatic rings. The molecule has 0 saturated carbocycles. The van der Waals surface area contributed by atoms with Gasteiger partial charge in [-0.05, 0) is 26.6 Å². The Morgan fingerprint density at radius 1 is 1.38 bits per heavy atom. The molecule has 0 saturated heterocycles. The topological polar surface area (TPSA) is 29.3 Å². The van der Waals surface area contributed by atoms with Crippen LogP contribution in [0.25, 0.3) is 0 Å². The van der Waals surface area contributed by atoms with E-state index >= 15 is 0 Å². The average Bonchev–Trinajstić information content (AvgIpc) is 2.15. The van der Waals surface area contributed by atoms with Crippen molar-refractivity contribution in [2.75, 3.05) is 19.1 Å². The highest BCUT2D eigenvalue weighted by Gasteiger charge is 2.46. The molecule has 0 aromatic rings. The fraction of sp³-hybridized carbons (Fsp3) is 1.00. The van der Waals surface area contributed by atoms with Gasteiger partial charge in [-0.15, -0.1) is 0 Å². The van der Waals surface area contributed by atoms with Gasteiger partial charge in [0.1, 0.15) is 6.04 Å². The molecule has 98 valence electrons. The number of thioether (sulfide) groups is 1. The predicted molar refractivity (Wildman–Crippen MR) is 63.7 cm³/mol. The summed E-state index contributed by atoms with van der Waals surface area (Å²) in [5.41, 5.74) is 5.57. The SMILES string of the molecule is CCC(N)C(N(C)C(C)CSC)C(F)(F)F. The van der Waals surface area contributed by atoms with Gasteiger partial charge >= 0.3 is 6.18 Å². The Morgan fingerprint density at radius 2 is 1.88 bits per heavy atom. The van der Waals surface area contributed by atoms with Gasteiger partial charge in [0.2, 0.25) is 0 Å². The number of rotatable bonds is 6. The van der Waals surface area contributed by atoms with E-state index in [9.17, 15) is 13.2 Å². The van der Waals surface area contributed by atoms with Crippen LogP contribution in [0.3, 0.4) is 0 Å². The molecule has 0 aromatic heterocycles. The Morgan fingerprint density at radius 3 is 2.19 bits per heavy atom. The van der Waals surface area contributed by atoms with Crippen LogP contribution in [0.1, 0.15) is 20.3 Å². The Bertz CT molecular complexity index is 199. The second kappa shape index (κ2) is 6.71. The fourth-order valence-electron chi connectivity index (χ4n) is 1.63. The van der Waals surface area contributed by atoms with Crippen molar-refractivity contribution in [3.8, 4) is 0 Å². The van der Waals surface area contributed by atoms with Crippen LogP contribution >= 0.6 is 11.8 Å². The van der Waals surface area contributed by atoms with E-state index in [0.717, 1.165) is 0 Å². The molecule has 3 unspecified atom stereocenters. The molecule has 0 rings (SSSR count). The van der Waals surface area contributed by atoms with Crippen molar-refractivity contribution < 1.29 is 13.2 Å². The first kappa shape index (κ1) is 16.1. The third kappa shape index (κ3) is 4.51. The first-order valence-corrected chi connectivity index (χ1v) is 6.68. The highest BCUT2D eigenvalue weighted by molar-refractivity contribution is 7.98. The Hall–Kier alpha value is 0.0600. The predicted octanol–water partition coefficient (Wildman–Crippen LogP) is 2.34. The lowest BCUT2D eigenvalue weighted by molar-refractivity contribution is -0.189. The maximum Gasteiger partial charge on any atom is 0.405 e. The van der Waals surface area contributed by atoms with Gasteiger partial charge in [0.25, 0.3) is 0 Å². The Kier molecular flexibility index (Phi) is 6.74. The Balaban J connectivity index is 4.76. The number of nitrogens with zero attached hydrogens (tertiary/aromatic N) is 1. The van der Waals surface area contributed by atoms with Crippen molar-refractivity contribution in [2.45, 2.75) is 44.6 Å². The first-order valence-electron chi connectivity index (χ1n) is 5.28. The largest absolute Gasteiger partial charge is 0.405 e. The molecule has 0 bridgehead atoms. The van der Waals surface area contributed by atoms with Crippen molar-refractivity contribution in [1.82, 2.24) is 4.90 Å². The van der Waals surface area contributed by atoms with E-state index in [4.69, 9.17) is 5.73 Å². The Labute approximate surface area is 99.7 Å². The van der Waals surface area contributed by atoms with Gasteiger partial charge in [0.15, 0.2) is 0 Å². The van der Waals surface area contributed by atoms with Gasteiger partial charge in [-0.3, -0.25) is 4.90 Å². The van der Waals surface area contributed by atoms with Crippen LogP contribution in [-0.2, 0) is 0 Å². The molecule has 6 heteroatoms. The maximum atomic E-state index is 12.9. The lowest BCUT2D eigenvalue weighted by atomic mass is 10.0. The summed E-state index contributed by atoms with van der Waals surface area (Å²) in [4.78, 5) is 1.34. The van der Waals surface area contributed by atoms with E-state index < -0.39 is 18.3 Å². The monoisotopic (exact) mass is 258 g/mol. The highest BCUT2D eigenvalue weighted by atomic mass is 32.2. The van der Waals surface area contributed by atoms with Crippen molar-refractivity contribution >= 4 is 11.8 Å². The standard InChI is InChI=1S/C10H21F3N2S/c1-5-8(14)9(10(11,12)13)15(3)7(2)6-16-4/h7-9H,5-6,14H2,1-4H3. The van der Waals surface area contributed by atoms with Crippen LogP contribution in [0.15, 0.2) is 0 Å². The molecular formula is C10H21F3N2S. The van der Waals surface area contributed by atoms with Gasteiger partial charge in [-0.25, -0.2) is 0 Å². The smallest absolute Gasteiger partial charge is 0.326 e. The van der Waals surface area contributed by atoms with E-state index in [0.29, 0.717) is 12.2 Å². The molecule has 0 heterocycles. The summed E-state index contributed by atoms with van der Waals surface area (Å²) >= 11 is 1.54. The molecule has 3 atom stereocenters. The molecule has 2 nitrogen and oxygen atoms in total. The van der Waals surface area contributed by atoms with Gasteiger partial charge in [-0.2, -0.15) is 24.9 Å². The van der Waals surface area contributed by atoms with E-state index in [1.165, 1.54) is 23.7 Å². The minimum Gasteiger partial charge on any atom is -0.326 e. The summed E-state index contributed by atoms with van der Waals surface area (Å²) in [6.07, 6.45) is -2.07. The van der Waals surface area contributed by atoms with Crippen molar-refractivity contribution in [1.29, 1.82) is 0 Å². The summed E-state index contributed by atoms with van der Waals surface area (Å²) in [5, 5.41) is 0. The van der Waals surface area contributed by atoms with Crippen LogP contribution in [0.2, 0.25) is 0 Å². The molecule has 0 fully saturated rings. The molecule has 0 aliphatic heterocycles. The van der Waals surface area contributed by atoms with Crippen LogP contribution in [0.4, 0.5) is 13.2 Å². The van der Waals surface area contributed by atoms with Gasteiger partial charge < -0.3 is 5.73 Å². The summed E-state index contributed by atoms with van der Waals surface area (Å²) in [5.74, 6) is 0.666. The van der Waals surface area contributed by atoms with E-state index in [-0.39, 0.29) is 6.04 Å². The third-order valence-corrected chi connectivity index (χ3v) is 3.57. The lowest BCUT2D eigenvalue weighted by Crippen LogP contribution is -2.57. The zero-order chi connectivity index (χ0) is 12.9. The number of nitrogens with two attached hydrogens (primary N) is 1. The zero-order valence-corrected chi connectivity index (χ0v) is 11.0. The highest BCUT2D eigenvalue weighted by Crippen LogP contribution is 2.28. The second-order valence-corrected chi connectivity index (χ2v) is 4.94. The zero-order valence-electron chi connectivity index (χ0n) is 10.2. The quantitative estimate of drug-likeness (QED) is 0.793. The summed E-state index contributed by atoms with van der Waals surface area (Å²) in [6, 6.07) is -2.56. The molecular weight excluding hydrogens is 237 g/mol. The normalized spacial score (nSPS) is 18.6. The van der Waals surface area contributed by atoms with Crippen molar-refractivity contribution in [3.05, 3.63) is 0 Å². The van der Waals surface area contributed by atoms with Gasteiger partial charge in [-0.1, -0.05) is 6.92 Å². The van der Waals surface area contributed by atoms with E-state index in [2.05, 4.69) is 0 Å². The summed E-state index contributed by atoms with van der Waals surface area (Å²) < 4.78 is 38.6. The van der Waals surface area contributed by atoms with Crippen LogP contribution in [0, 0.1) is 0 Å². The lowest BCUT2D eigenvalue weighted by Gasteiger charge is -2.37. The molecule has 0 amide bonds. The van der Waals surface area contributed by atoms with Crippen LogP contribution in [0.5, 0.6) is 0 Å². The van der Waals surface area contributed by atoms with Crippen LogP contribution < -0.4 is 5.73 Å². The van der Waals surface area contributed by atoms with Gasteiger partial charge in [0, 0.05) is 17.8 Å². The number of alkyl halides is 3. The molecule has 0 aromatic carbocycles. The number of likely N-dealkylation sites (N-methyl/N-ethyl adjacent to an activating group) is 1. The summed E-state index contributed by atoms with van der Waals surface area (Å²) in [7, 11) is 1.49. The number of halogens is 3. The van der Waals surface area contributed by atoms with Crippen molar-refractivity contribution in [3.63, 3.8) is 0 Å². The fourth-order valence-corrected chi connectivity index (χ4v) is 2.35. The molecule has 0 aliphatic carbocycles. The summed E-state index contributed by atoms with van der Waals surface area (Å²) in [6.45, 7) is 3.47. The first-order chi connectivity index (χ1) is 7.25. The number of hydrogen-bond acceptors (Lipinski definition) is 3. The van der Waals surface area contributed by atoms with E-state index in [1.54, 1.807) is 13.8 Å². The minimum atomic E-state index is -4.27. The second-order valence-electron chi connectivity index (χ2n) is 4.03. The number of hydrogen-bond donors (Lipinski definition) is 1. The molecule has 0 radical (unpaired) electrons. The average molecular weight is 258 g/mol. The molecule has 16 heavy (non-hydrogen) atoms. The van der Waals surface area contributed by atoms with Gasteiger partial charge in [0.05, 0.1) is 0 Å². The third-order valence-electron chi connectivity index (χ3n) is 2.75. The maximum absolute atomic E-state index is 12.9. The minimum absolute atomic E-state index is 0.140. The van der Waals surface area contributed by atoms with Crippen LogP contribution in [-0.4, -0.2) is 48.3 Å². The van der Waals surface area contributed by atoms with E-state index in [1.807, 2.05) is 6.26 Å². The molecule has 0 spiro atoms. The van der Waals surface area contributed by atoms with Crippen molar-refractivity contribution in [2.24, 2.45) is 5.73 Å².